The number of hydrogen-bond donors (Lipinski definition) is 0. The molecule has 16 heavy (non-hydrogen) atoms. The molecule has 0 amide bonds. The van der Waals surface area contributed by atoms with Crippen molar-refractivity contribution in [2.75, 3.05) is 53.6 Å². The maximum Gasteiger partial charge on any atom is 0.102 e. The minimum absolute atomic E-state index is 0.319. The van der Waals surface area contributed by atoms with Gasteiger partial charge < -0.3 is 23.9 Å². The SMILES string of the molecule is C=CC[N+]1(C)CCOCC1.COCC(=O)[O-]. The van der Waals surface area contributed by atoms with Gasteiger partial charge in [0.1, 0.15) is 13.1 Å². The number of nitrogens with zero attached hydrogens (tertiary/aromatic N) is 1. The average molecular weight is 231 g/mol. The zero-order valence-corrected chi connectivity index (χ0v) is 10.1. The molecule has 5 heteroatoms. The number of morpholine rings is 1. The molecule has 1 aliphatic rings. The van der Waals surface area contributed by atoms with Crippen molar-refractivity contribution in [2.24, 2.45) is 0 Å². The molecule has 0 aliphatic carbocycles. The third kappa shape index (κ3) is 7.39. The summed E-state index contributed by atoms with van der Waals surface area (Å²) >= 11 is 0. The molecule has 1 heterocycles. The molecule has 0 atom stereocenters. The van der Waals surface area contributed by atoms with Crippen molar-refractivity contribution in [3.8, 4) is 0 Å². The number of hydrogen-bond acceptors (Lipinski definition) is 4. The minimum atomic E-state index is -1.18. The first kappa shape index (κ1) is 15.1. The highest BCUT2D eigenvalue weighted by Crippen LogP contribution is 2.06. The monoisotopic (exact) mass is 231 g/mol. The summed E-state index contributed by atoms with van der Waals surface area (Å²) in [6.45, 7) is 8.57. The van der Waals surface area contributed by atoms with Crippen LogP contribution >= 0.6 is 0 Å². The van der Waals surface area contributed by atoms with Crippen molar-refractivity contribution in [3.63, 3.8) is 0 Å². The number of carbonyl (C=O) groups is 1. The predicted molar refractivity (Wildman–Crippen MR) is 58.7 cm³/mol. The molecule has 0 N–H and O–H groups in total. The highest BCUT2D eigenvalue weighted by molar-refractivity contribution is 5.65. The highest BCUT2D eigenvalue weighted by atomic mass is 16.5. The fraction of sp³-hybridized carbons (Fsp3) is 0.727. The molecule has 0 aromatic rings. The van der Waals surface area contributed by atoms with Crippen LogP contribution in [0.25, 0.3) is 0 Å². The van der Waals surface area contributed by atoms with E-state index in [0.717, 1.165) is 37.3 Å². The van der Waals surface area contributed by atoms with Crippen molar-refractivity contribution in [2.45, 2.75) is 0 Å². The summed E-state index contributed by atoms with van der Waals surface area (Å²) in [6, 6.07) is 0. The number of carbonyl (C=O) groups excluding carboxylic acids is 1. The number of rotatable bonds is 4. The average Bonchev–Trinajstić information content (AvgIpc) is 2.19. The smallest absolute Gasteiger partial charge is 0.102 e. The molecule has 0 unspecified atom stereocenters. The molecular formula is C11H21NO4. The van der Waals surface area contributed by atoms with Gasteiger partial charge in [0.15, 0.2) is 0 Å². The van der Waals surface area contributed by atoms with Crippen molar-refractivity contribution >= 4 is 5.97 Å². The number of likely N-dealkylation sites (N-methyl/N-ethyl adjacent to an activating group) is 1. The van der Waals surface area contributed by atoms with E-state index in [4.69, 9.17) is 4.74 Å². The predicted octanol–water partition coefficient (Wildman–Crippen LogP) is -0.968. The Hall–Kier alpha value is -0.910. The molecule has 0 saturated carbocycles. The Morgan fingerprint density at radius 1 is 1.56 bits per heavy atom. The normalized spacial score (nSPS) is 18.1. The fourth-order valence-electron chi connectivity index (χ4n) is 1.40. The molecular weight excluding hydrogens is 210 g/mol. The third-order valence-electron chi connectivity index (χ3n) is 2.38. The lowest BCUT2D eigenvalue weighted by atomic mass is 10.3. The quantitative estimate of drug-likeness (QED) is 0.461. The first-order valence-corrected chi connectivity index (χ1v) is 5.25. The molecule has 1 aliphatic heterocycles. The summed E-state index contributed by atoms with van der Waals surface area (Å²) in [7, 11) is 3.56. The number of quaternary nitrogens is 1. The van der Waals surface area contributed by atoms with E-state index in [2.05, 4.69) is 18.4 Å². The van der Waals surface area contributed by atoms with Crippen LogP contribution in [0, 0.1) is 0 Å². The molecule has 94 valence electrons. The Labute approximate surface area is 96.9 Å². The van der Waals surface area contributed by atoms with E-state index >= 15 is 0 Å². The molecule has 0 spiro atoms. The zero-order chi connectivity index (χ0) is 12.4. The number of methoxy groups -OCH3 is 1. The standard InChI is InChI=1S/C8H16NO.C3H6O3/c1-3-4-9(2)5-7-10-8-6-9;1-6-2-3(4)5/h3H,1,4-8H2,2H3;2H2,1H3,(H,4,5)/q+1;/p-1. The van der Waals surface area contributed by atoms with Gasteiger partial charge in [-0.15, -0.1) is 0 Å². The second-order valence-corrected chi connectivity index (χ2v) is 3.96. The maximum atomic E-state index is 9.36. The summed E-state index contributed by atoms with van der Waals surface area (Å²) in [5, 5.41) is 9.36. The van der Waals surface area contributed by atoms with Gasteiger partial charge in [0.2, 0.25) is 0 Å². The van der Waals surface area contributed by atoms with Crippen LogP contribution in [0.1, 0.15) is 0 Å². The molecule has 5 nitrogen and oxygen atoms in total. The second kappa shape index (κ2) is 8.27. The Morgan fingerprint density at radius 3 is 2.44 bits per heavy atom. The maximum absolute atomic E-state index is 9.36. The topological polar surface area (TPSA) is 58.6 Å². The summed E-state index contributed by atoms with van der Waals surface area (Å²) in [4.78, 5) is 9.36. The number of carboxylic acid groups (broad SMARTS) is 1. The van der Waals surface area contributed by atoms with Crippen LogP contribution in [0.3, 0.4) is 0 Å². The molecule has 0 radical (unpaired) electrons. The Balaban J connectivity index is 0.000000325. The van der Waals surface area contributed by atoms with Crippen molar-refractivity contribution in [3.05, 3.63) is 12.7 Å². The van der Waals surface area contributed by atoms with E-state index in [1.165, 1.54) is 7.11 Å². The lowest BCUT2D eigenvalue weighted by molar-refractivity contribution is -0.911. The van der Waals surface area contributed by atoms with Crippen LogP contribution < -0.4 is 5.11 Å². The first-order chi connectivity index (χ1) is 7.54. The van der Waals surface area contributed by atoms with Crippen LogP contribution in [0.4, 0.5) is 0 Å². The van der Waals surface area contributed by atoms with Gasteiger partial charge in [-0.3, -0.25) is 0 Å². The summed E-state index contributed by atoms with van der Waals surface area (Å²) < 4.78 is 10.5. The molecule has 1 rings (SSSR count). The van der Waals surface area contributed by atoms with Gasteiger partial charge in [-0.25, -0.2) is 0 Å². The van der Waals surface area contributed by atoms with Crippen LogP contribution in [0.5, 0.6) is 0 Å². The van der Waals surface area contributed by atoms with E-state index in [0.29, 0.717) is 0 Å². The van der Waals surface area contributed by atoms with Crippen molar-refractivity contribution < 1.29 is 23.9 Å². The Kier molecular flexibility index (Phi) is 7.80. The van der Waals surface area contributed by atoms with Crippen LogP contribution in [0.2, 0.25) is 0 Å². The highest BCUT2D eigenvalue weighted by Gasteiger charge is 2.22. The number of carboxylic acids is 1. The van der Waals surface area contributed by atoms with Crippen LogP contribution in [-0.4, -0.2) is 64.1 Å². The molecule has 0 aromatic carbocycles. The summed E-state index contributed by atoms with van der Waals surface area (Å²) in [5.74, 6) is -1.18. The Morgan fingerprint density at radius 2 is 2.12 bits per heavy atom. The lowest BCUT2D eigenvalue weighted by Crippen LogP contribution is -2.51. The van der Waals surface area contributed by atoms with Gasteiger partial charge in [0, 0.05) is 7.11 Å². The van der Waals surface area contributed by atoms with Gasteiger partial charge in [0.25, 0.3) is 0 Å². The van der Waals surface area contributed by atoms with E-state index in [1.807, 2.05) is 6.08 Å². The van der Waals surface area contributed by atoms with Gasteiger partial charge in [-0.2, -0.15) is 0 Å². The molecule has 1 fully saturated rings. The number of ether oxygens (including phenoxy) is 2. The zero-order valence-electron chi connectivity index (χ0n) is 10.1. The Bertz CT molecular complexity index is 212. The fourth-order valence-corrected chi connectivity index (χ4v) is 1.40. The van der Waals surface area contributed by atoms with Crippen molar-refractivity contribution in [1.29, 1.82) is 0 Å². The molecule has 0 aromatic heterocycles. The largest absolute Gasteiger partial charge is 0.548 e. The number of aliphatic carboxylic acids is 1. The first-order valence-electron chi connectivity index (χ1n) is 5.25. The van der Waals surface area contributed by atoms with E-state index in [-0.39, 0.29) is 6.61 Å². The van der Waals surface area contributed by atoms with Crippen LogP contribution in [-0.2, 0) is 14.3 Å². The van der Waals surface area contributed by atoms with Gasteiger partial charge in [-0.05, 0) is 6.08 Å². The van der Waals surface area contributed by atoms with Gasteiger partial charge >= 0.3 is 0 Å². The van der Waals surface area contributed by atoms with Crippen molar-refractivity contribution in [1.82, 2.24) is 0 Å². The lowest BCUT2D eigenvalue weighted by Gasteiger charge is -2.36. The van der Waals surface area contributed by atoms with E-state index < -0.39 is 5.97 Å². The van der Waals surface area contributed by atoms with Gasteiger partial charge in [0.05, 0.1) is 39.4 Å². The minimum Gasteiger partial charge on any atom is -0.548 e. The second-order valence-electron chi connectivity index (χ2n) is 3.96. The van der Waals surface area contributed by atoms with E-state index in [1.54, 1.807) is 0 Å². The molecule has 1 saturated heterocycles. The molecule has 0 bridgehead atoms. The third-order valence-corrected chi connectivity index (χ3v) is 2.38. The summed E-state index contributed by atoms with van der Waals surface area (Å²) in [5.41, 5.74) is 0. The van der Waals surface area contributed by atoms with Gasteiger partial charge in [-0.1, -0.05) is 6.58 Å². The summed E-state index contributed by atoms with van der Waals surface area (Å²) in [6.07, 6.45) is 1.99. The van der Waals surface area contributed by atoms with E-state index in [9.17, 15) is 9.90 Å². The van der Waals surface area contributed by atoms with Crippen LogP contribution in [0.15, 0.2) is 12.7 Å².